The molecule has 164 valence electrons. The number of benzene rings is 1. The summed E-state index contributed by atoms with van der Waals surface area (Å²) in [4.78, 5) is 21.0. The number of nitrogens with zero attached hydrogens (tertiary/aromatic N) is 7. The largest absolute Gasteiger partial charge is 0.494 e. The molecule has 0 unspecified atom stereocenters. The van der Waals surface area contributed by atoms with Crippen LogP contribution < -0.4 is 10.1 Å². The number of hydrogen-bond acceptors (Lipinski definition) is 8. The van der Waals surface area contributed by atoms with Gasteiger partial charge in [-0.2, -0.15) is 14.8 Å². The van der Waals surface area contributed by atoms with E-state index in [1.807, 2.05) is 35.1 Å². The summed E-state index contributed by atoms with van der Waals surface area (Å²) in [6.45, 7) is 1.34. The number of aromatic nitrogens is 7. The molecule has 5 heterocycles. The molecule has 1 aromatic carbocycles. The maximum Gasteiger partial charge on any atom is 0.229 e. The van der Waals surface area contributed by atoms with Gasteiger partial charge in [0.25, 0.3) is 0 Å². The van der Waals surface area contributed by atoms with Gasteiger partial charge in [0, 0.05) is 25.6 Å². The number of rotatable bonds is 0. The first-order valence-electron chi connectivity index (χ1n) is 10.9. The lowest BCUT2D eigenvalue weighted by Crippen LogP contribution is -2.04. The summed E-state index contributed by atoms with van der Waals surface area (Å²) >= 11 is 0. The summed E-state index contributed by atoms with van der Waals surface area (Å²) in [7, 11) is 0. The zero-order valence-corrected chi connectivity index (χ0v) is 17.6. The molecule has 0 saturated carbocycles. The number of hydrogen-bond donors (Lipinski definition) is 1. The third kappa shape index (κ3) is 4.58. The molecule has 10 heteroatoms. The zero-order valence-electron chi connectivity index (χ0n) is 17.6. The van der Waals surface area contributed by atoms with Crippen molar-refractivity contribution in [1.82, 2.24) is 34.7 Å². The predicted molar refractivity (Wildman–Crippen MR) is 118 cm³/mol. The Hall–Kier alpha value is -3.82. The lowest BCUT2D eigenvalue weighted by molar-refractivity contribution is -0.119. The topological polar surface area (TPSA) is 113 Å². The average molecular weight is 432 g/mol. The number of Topliss-reactive ketones (excluding diaryl/α,β-unsaturated/α-hetero) is 1. The number of aryl methyl sites for hydroxylation is 1. The number of fused-ring (bicyclic) bond motifs is 11. The van der Waals surface area contributed by atoms with Crippen LogP contribution in [0.25, 0.3) is 16.9 Å². The van der Waals surface area contributed by atoms with E-state index in [-0.39, 0.29) is 0 Å². The van der Waals surface area contributed by atoms with Crippen molar-refractivity contribution in [2.45, 2.75) is 45.1 Å². The van der Waals surface area contributed by atoms with Gasteiger partial charge >= 0.3 is 0 Å². The highest BCUT2D eigenvalue weighted by atomic mass is 16.5. The normalized spacial score (nSPS) is 15.7. The van der Waals surface area contributed by atoms with Crippen LogP contribution in [0, 0.1) is 0 Å². The molecule has 2 aliphatic rings. The van der Waals surface area contributed by atoms with E-state index < -0.39 is 0 Å². The Balaban J connectivity index is 1.42. The van der Waals surface area contributed by atoms with Crippen LogP contribution in [0.1, 0.15) is 38.5 Å². The van der Waals surface area contributed by atoms with Crippen molar-refractivity contribution in [3.8, 4) is 11.4 Å². The minimum atomic E-state index is 0.315. The molecule has 2 aliphatic heterocycles. The summed E-state index contributed by atoms with van der Waals surface area (Å²) in [5, 5.41) is 16.0. The molecule has 0 aliphatic carbocycles. The quantitative estimate of drug-likeness (QED) is 0.450. The number of carbonyl (C=O) groups is 1. The van der Waals surface area contributed by atoms with Crippen molar-refractivity contribution >= 4 is 28.6 Å². The van der Waals surface area contributed by atoms with Gasteiger partial charge < -0.3 is 10.1 Å². The number of ketones is 1. The van der Waals surface area contributed by atoms with E-state index >= 15 is 0 Å². The molecule has 32 heavy (non-hydrogen) atoms. The summed E-state index contributed by atoms with van der Waals surface area (Å²) in [5.74, 6) is 1.53. The van der Waals surface area contributed by atoms with Gasteiger partial charge in [-0.15, -0.1) is 5.10 Å². The number of nitrogens with one attached hydrogen (secondary N) is 1. The van der Waals surface area contributed by atoms with Gasteiger partial charge in [-0.25, -0.2) is 4.98 Å². The van der Waals surface area contributed by atoms with E-state index in [0.29, 0.717) is 42.3 Å². The summed E-state index contributed by atoms with van der Waals surface area (Å²) in [6, 6.07) is 7.62. The van der Waals surface area contributed by atoms with Crippen LogP contribution in [-0.2, 0) is 11.3 Å². The molecule has 10 nitrogen and oxygen atoms in total. The van der Waals surface area contributed by atoms with Crippen LogP contribution in [-0.4, -0.2) is 47.1 Å². The molecule has 4 aromatic rings. The van der Waals surface area contributed by atoms with Crippen molar-refractivity contribution in [1.29, 1.82) is 0 Å². The predicted octanol–water partition coefficient (Wildman–Crippen LogP) is 3.45. The van der Waals surface area contributed by atoms with Gasteiger partial charge in [-0.3, -0.25) is 9.48 Å². The van der Waals surface area contributed by atoms with Gasteiger partial charge in [0.05, 0.1) is 30.4 Å². The number of anilines is 2. The summed E-state index contributed by atoms with van der Waals surface area (Å²) in [5.41, 5.74) is 2.83. The Morgan fingerprint density at radius 2 is 1.84 bits per heavy atom. The fourth-order valence-electron chi connectivity index (χ4n) is 3.66. The Bertz CT molecular complexity index is 1210. The molecule has 3 aromatic heterocycles. The zero-order chi connectivity index (χ0) is 21.8. The molecule has 0 radical (unpaired) electrons. The summed E-state index contributed by atoms with van der Waals surface area (Å²) in [6.07, 6.45) is 9.98. The van der Waals surface area contributed by atoms with Crippen molar-refractivity contribution in [2.75, 3.05) is 11.9 Å². The highest BCUT2D eigenvalue weighted by molar-refractivity contribution is 5.78. The van der Waals surface area contributed by atoms with Crippen LogP contribution >= 0.6 is 0 Å². The maximum absolute atomic E-state index is 12.1. The highest BCUT2D eigenvalue weighted by Gasteiger charge is 2.11. The second-order valence-electron chi connectivity index (χ2n) is 7.82. The average Bonchev–Trinajstić information content (AvgIpc) is 3.43. The minimum Gasteiger partial charge on any atom is -0.494 e. The van der Waals surface area contributed by atoms with Gasteiger partial charge in [-0.05, 0) is 49.9 Å². The van der Waals surface area contributed by atoms with Crippen molar-refractivity contribution < 1.29 is 9.53 Å². The monoisotopic (exact) mass is 432 g/mol. The van der Waals surface area contributed by atoms with Crippen molar-refractivity contribution in [3.63, 3.8) is 0 Å². The van der Waals surface area contributed by atoms with E-state index in [0.717, 1.165) is 49.4 Å². The lowest BCUT2D eigenvalue weighted by atomic mass is 10.1. The van der Waals surface area contributed by atoms with Crippen LogP contribution in [0.2, 0.25) is 0 Å². The summed E-state index contributed by atoms with van der Waals surface area (Å²) < 4.78 is 9.35. The lowest BCUT2D eigenvalue weighted by Gasteiger charge is -2.08. The first-order valence-corrected chi connectivity index (χ1v) is 10.9. The Morgan fingerprint density at radius 1 is 1.00 bits per heavy atom. The second kappa shape index (κ2) is 9.13. The van der Waals surface area contributed by atoms with Crippen molar-refractivity contribution in [2.24, 2.45) is 0 Å². The Morgan fingerprint density at radius 3 is 2.72 bits per heavy atom. The molecule has 6 bridgehead atoms. The third-order valence-corrected chi connectivity index (χ3v) is 5.37. The molecule has 0 amide bonds. The van der Waals surface area contributed by atoms with Crippen molar-refractivity contribution in [3.05, 3.63) is 42.9 Å². The SMILES string of the molecule is O=C1CCCCOc2ccc(cc2)-n2nnc3cnc(nc32)Nc2cnn(c2)CCCC1. The van der Waals surface area contributed by atoms with Gasteiger partial charge in [0.15, 0.2) is 11.2 Å². The first-order chi connectivity index (χ1) is 15.7. The van der Waals surface area contributed by atoms with E-state index in [1.54, 1.807) is 17.1 Å². The van der Waals surface area contributed by atoms with Crippen LogP contribution in [0.5, 0.6) is 5.75 Å². The number of carbonyl (C=O) groups excluding carboxylic acids is 1. The fraction of sp³-hybridized carbons (Fsp3) is 0.364. The third-order valence-electron chi connectivity index (χ3n) is 5.37. The smallest absolute Gasteiger partial charge is 0.229 e. The van der Waals surface area contributed by atoms with Crippen LogP contribution in [0.15, 0.2) is 42.9 Å². The van der Waals surface area contributed by atoms with Gasteiger partial charge in [-0.1, -0.05) is 5.21 Å². The highest BCUT2D eigenvalue weighted by Crippen LogP contribution is 2.20. The Labute approximate surface area is 184 Å². The minimum absolute atomic E-state index is 0.315. The van der Waals surface area contributed by atoms with Crippen LogP contribution in [0.3, 0.4) is 0 Å². The van der Waals surface area contributed by atoms with Gasteiger partial charge in [0.2, 0.25) is 5.95 Å². The second-order valence-corrected chi connectivity index (χ2v) is 7.82. The molecule has 0 spiro atoms. The molecular weight excluding hydrogens is 408 g/mol. The maximum atomic E-state index is 12.1. The molecule has 0 saturated heterocycles. The van der Waals surface area contributed by atoms with E-state index in [1.165, 1.54) is 0 Å². The standard InChI is InChI=1S/C22H24N8O2/c31-18-5-1-3-11-29-15-16(13-24-29)25-22-23-14-20-21(26-22)30(28-27-20)17-7-9-19(10-8-17)32-12-4-2-6-18/h7-10,13-15H,1-6,11-12H2,(H,23,25,26). The molecule has 1 N–H and O–H groups in total. The molecule has 0 fully saturated rings. The molecular formula is C22H24N8O2. The molecule has 0 atom stereocenters. The molecule has 6 rings (SSSR count). The van der Waals surface area contributed by atoms with Gasteiger partial charge in [0.1, 0.15) is 11.5 Å². The van der Waals surface area contributed by atoms with E-state index in [9.17, 15) is 4.79 Å². The van der Waals surface area contributed by atoms with E-state index in [2.05, 4.69) is 30.7 Å². The Kier molecular flexibility index (Phi) is 5.73. The van der Waals surface area contributed by atoms with E-state index in [4.69, 9.17) is 4.74 Å². The number of ether oxygens (including phenoxy) is 1. The fourth-order valence-corrected chi connectivity index (χ4v) is 3.66. The first kappa shape index (κ1) is 20.1. The van der Waals surface area contributed by atoms with Crippen LogP contribution in [0.4, 0.5) is 11.6 Å².